The Hall–Kier alpha value is -2.98. The molecule has 2 aromatic carbocycles. The summed E-state index contributed by atoms with van der Waals surface area (Å²) in [5.74, 6) is -0.966. The van der Waals surface area contributed by atoms with Gasteiger partial charge in [-0.25, -0.2) is 4.79 Å². The van der Waals surface area contributed by atoms with Crippen molar-refractivity contribution >= 4 is 39.2 Å². The number of pyridine rings is 2. The Morgan fingerprint density at radius 3 is 2.72 bits per heavy atom. The van der Waals surface area contributed by atoms with Crippen molar-refractivity contribution in [3.8, 4) is 0 Å². The molecular formula is C20H13ClN2O2. The van der Waals surface area contributed by atoms with Crippen LogP contribution in [0.15, 0.2) is 60.9 Å². The van der Waals surface area contributed by atoms with E-state index < -0.39 is 5.97 Å². The van der Waals surface area contributed by atoms with Crippen LogP contribution in [0.25, 0.3) is 21.7 Å². The molecule has 5 heteroatoms. The first kappa shape index (κ1) is 15.5. The third-order valence-electron chi connectivity index (χ3n) is 4.18. The van der Waals surface area contributed by atoms with Gasteiger partial charge in [0.15, 0.2) is 0 Å². The molecule has 0 aliphatic heterocycles. The molecule has 0 saturated heterocycles. The van der Waals surface area contributed by atoms with E-state index in [1.165, 1.54) is 0 Å². The summed E-state index contributed by atoms with van der Waals surface area (Å²) in [6.45, 7) is 0. The van der Waals surface area contributed by atoms with Crippen molar-refractivity contribution < 1.29 is 9.90 Å². The number of rotatable bonds is 3. The van der Waals surface area contributed by atoms with Crippen molar-refractivity contribution in [2.75, 3.05) is 0 Å². The zero-order valence-electron chi connectivity index (χ0n) is 13.1. The third kappa shape index (κ3) is 2.92. The number of benzene rings is 2. The van der Waals surface area contributed by atoms with E-state index in [1.807, 2.05) is 30.3 Å². The van der Waals surface area contributed by atoms with Crippen LogP contribution in [0.1, 0.15) is 21.6 Å². The molecule has 0 radical (unpaired) electrons. The predicted octanol–water partition coefficient (Wildman–Crippen LogP) is 4.73. The minimum atomic E-state index is -0.966. The van der Waals surface area contributed by atoms with Crippen LogP contribution in [-0.4, -0.2) is 21.0 Å². The normalized spacial score (nSPS) is 11.1. The van der Waals surface area contributed by atoms with E-state index in [0.717, 1.165) is 27.4 Å². The molecule has 0 amide bonds. The molecule has 4 nitrogen and oxygen atoms in total. The van der Waals surface area contributed by atoms with Crippen LogP contribution in [0, 0.1) is 0 Å². The van der Waals surface area contributed by atoms with E-state index in [-0.39, 0.29) is 5.56 Å². The van der Waals surface area contributed by atoms with Gasteiger partial charge in [0, 0.05) is 40.0 Å². The van der Waals surface area contributed by atoms with Crippen molar-refractivity contribution in [1.29, 1.82) is 0 Å². The standard InChI is InChI=1S/C20H13ClN2O2/c21-14-3-1-2-12(8-14)9-18-16-6-7-22-11-17(16)15-5-4-13(20(24)25)10-19(15)23-18/h1-8,10-11H,9H2,(H,24,25). The summed E-state index contributed by atoms with van der Waals surface area (Å²) in [4.78, 5) is 20.2. The summed E-state index contributed by atoms with van der Waals surface area (Å²) >= 11 is 6.08. The van der Waals surface area contributed by atoms with Crippen LogP contribution < -0.4 is 0 Å². The Bertz CT molecular complexity index is 1130. The molecule has 25 heavy (non-hydrogen) atoms. The summed E-state index contributed by atoms with van der Waals surface area (Å²) in [5, 5.41) is 12.8. The first-order valence-electron chi connectivity index (χ1n) is 7.76. The largest absolute Gasteiger partial charge is 0.478 e. The second-order valence-electron chi connectivity index (χ2n) is 5.82. The Kier molecular flexibility index (Phi) is 3.82. The maximum atomic E-state index is 11.3. The van der Waals surface area contributed by atoms with Gasteiger partial charge in [-0.15, -0.1) is 0 Å². The molecule has 122 valence electrons. The summed E-state index contributed by atoms with van der Waals surface area (Å²) in [6, 6.07) is 14.6. The Labute approximate surface area is 148 Å². The lowest BCUT2D eigenvalue weighted by Crippen LogP contribution is -1.99. The number of hydrogen-bond donors (Lipinski definition) is 1. The number of hydrogen-bond acceptors (Lipinski definition) is 3. The molecule has 2 heterocycles. The van der Waals surface area contributed by atoms with Crippen molar-refractivity contribution in [3.63, 3.8) is 0 Å². The van der Waals surface area contributed by atoms with Gasteiger partial charge in [-0.1, -0.05) is 29.8 Å². The van der Waals surface area contributed by atoms with Crippen LogP contribution in [0.4, 0.5) is 0 Å². The first-order chi connectivity index (χ1) is 12.1. The number of carboxylic acid groups (broad SMARTS) is 1. The van der Waals surface area contributed by atoms with Gasteiger partial charge in [0.1, 0.15) is 0 Å². The molecule has 0 aliphatic rings. The maximum Gasteiger partial charge on any atom is 0.335 e. The van der Waals surface area contributed by atoms with Crippen molar-refractivity contribution in [2.45, 2.75) is 6.42 Å². The summed E-state index contributed by atoms with van der Waals surface area (Å²) in [7, 11) is 0. The van der Waals surface area contributed by atoms with Crippen LogP contribution in [0.3, 0.4) is 0 Å². The minimum Gasteiger partial charge on any atom is -0.478 e. The van der Waals surface area contributed by atoms with Crippen molar-refractivity contribution in [3.05, 3.63) is 82.8 Å². The highest BCUT2D eigenvalue weighted by molar-refractivity contribution is 6.30. The average molecular weight is 349 g/mol. The molecule has 0 bridgehead atoms. The number of nitrogens with zero attached hydrogens (tertiary/aromatic N) is 2. The molecule has 0 saturated carbocycles. The molecule has 4 aromatic rings. The molecule has 0 atom stereocenters. The maximum absolute atomic E-state index is 11.3. The monoisotopic (exact) mass is 348 g/mol. The highest BCUT2D eigenvalue weighted by atomic mass is 35.5. The van der Waals surface area contributed by atoms with E-state index in [9.17, 15) is 9.90 Å². The van der Waals surface area contributed by atoms with Crippen molar-refractivity contribution in [1.82, 2.24) is 9.97 Å². The van der Waals surface area contributed by atoms with Gasteiger partial charge in [0.2, 0.25) is 0 Å². The van der Waals surface area contributed by atoms with Gasteiger partial charge in [-0.2, -0.15) is 0 Å². The Morgan fingerprint density at radius 2 is 1.92 bits per heavy atom. The van der Waals surface area contributed by atoms with Gasteiger partial charge >= 0.3 is 5.97 Å². The second-order valence-corrected chi connectivity index (χ2v) is 6.26. The highest BCUT2D eigenvalue weighted by Gasteiger charge is 2.12. The third-order valence-corrected chi connectivity index (χ3v) is 4.42. The summed E-state index contributed by atoms with van der Waals surface area (Å²) < 4.78 is 0. The second kappa shape index (κ2) is 6.15. The zero-order chi connectivity index (χ0) is 17.4. The smallest absolute Gasteiger partial charge is 0.335 e. The molecule has 0 spiro atoms. The molecule has 0 fully saturated rings. The molecule has 4 rings (SSSR count). The van der Waals surface area contributed by atoms with E-state index in [4.69, 9.17) is 16.6 Å². The lowest BCUT2D eigenvalue weighted by molar-refractivity contribution is 0.0697. The van der Waals surface area contributed by atoms with E-state index in [2.05, 4.69) is 4.98 Å². The average Bonchev–Trinajstić information content (AvgIpc) is 2.61. The first-order valence-corrected chi connectivity index (χ1v) is 8.14. The zero-order valence-corrected chi connectivity index (χ0v) is 13.9. The van der Waals surface area contributed by atoms with Gasteiger partial charge in [0.05, 0.1) is 16.8 Å². The Morgan fingerprint density at radius 1 is 1.04 bits per heavy atom. The molecule has 1 N–H and O–H groups in total. The van der Waals surface area contributed by atoms with E-state index >= 15 is 0 Å². The molecule has 2 aromatic heterocycles. The fraction of sp³-hybridized carbons (Fsp3) is 0.0500. The lowest BCUT2D eigenvalue weighted by Gasteiger charge is -2.10. The SMILES string of the molecule is O=C(O)c1ccc2c(c1)nc(Cc1cccc(Cl)c1)c1ccncc12. The molecular weight excluding hydrogens is 336 g/mol. The summed E-state index contributed by atoms with van der Waals surface area (Å²) in [6.07, 6.45) is 4.14. The Balaban J connectivity index is 1.96. The lowest BCUT2D eigenvalue weighted by atomic mass is 10.0. The number of carboxylic acids is 1. The quantitative estimate of drug-likeness (QED) is 0.544. The highest BCUT2D eigenvalue weighted by Crippen LogP contribution is 2.28. The fourth-order valence-electron chi connectivity index (χ4n) is 3.03. The fourth-order valence-corrected chi connectivity index (χ4v) is 3.24. The minimum absolute atomic E-state index is 0.219. The summed E-state index contributed by atoms with van der Waals surface area (Å²) in [5.41, 5.74) is 2.79. The number of halogens is 1. The number of fused-ring (bicyclic) bond motifs is 3. The number of aromatic carboxylic acids is 1. The van der Waals surface area contributed by atoms with E-state index in [1.54, 1.807) is 30.6 Å². The van der Waals surface area contributed by atoms with E-state index in [0.29, 0.717) is 17.0 Å². The van der Waals surface area contributed by atoms with Crippen LogP contribution in [-0.2, 0) is 6.42 Å². The number of carbonyl (C=O) groups is 1. The van der Waals surface area contributed by atoms with Gasteiger partial charge in [-0.05, 0) is 35.9 Å². The van der Waals surface area contributed by atoms with Gasteiger partial charge in [-0.3, -0.25) is 9.97 Å². The van der Waals surface area contributed by atoms with Crippen LogP contribution in [0.5, 0.6) is 0 Å². The molecule has 0 aliphatic carbocycles. The van der Waals surface area contributed by atoms with Gasteiger partial charge < -0.3 is 5.11 Å². The van der Waals surface area contributed by atoms with Gasteiger partial charge in [0.25, 0.3) is 0 Å². The van der Waals surface area contributed by atoms with Crippen molar-refractivity contribution in [2.24, 2.45) is 0 Å². The topological polar surface area (TPSA) is 63.1 Å². The number of aromatic nitrogens is 2. The molecule has 0 unspecified atom stereocenters. The predicted molar refractivity (Wildman–Crippen MR) is 98.3 cm³/mol. The van der Waals surface area contributed by atoms with Crippen LogP contribution in [0.2, 0.25) is 5.02 Å². The van der Waals surface area contributed by atoms with Crippen LogP contribution >= 0.6 is 11.6 Å².